The van der Waals surface area contributed by atoms with Crippen molar-refractivity contribution in [2.45, 2.75) is 5.16 Å². The normalized spacial score (nSPS) is 10.8. The molecule has 0 saturated heterocycles. The number of tetrazole rings is 1. The van der Waals surface area contributed by atoms with Gasteiger partial charge in [-0.3, -0.25) is 18.7 Å². The molecule has 3 rings (SSSR count). The monoisotopic (exact) mass is 403 g/mol. The highest BCUT2D eigenvalue weighted by atomic mass is 32.2. The van der Waals surface area contributed by atoms with Gasteiger partial charge in [0.25, 0.3) is 5.56 Å². The quantitative estimate of drug-likeness (QED) is 0.431. The van der Waals surface area contributed by atoms with Crippen LogP contribution < -0.4 is 21.7 Å². The van der Waals surface area contributed by atoms with Gasteiger partial charge in [0.1, 0.15) is 17.1 Å². The fraction of sp³-hybridized carbons (Fsp3) is 0.250. The molecule has 2 heterocycles. The number of nitrogens with two attached hydrogens (primary N) is 1. The predicted molar refractivity (Wildman–Crippen MR) is 102 cm³/mol. The van der Waals surface area contributed by atoms with Crippen molar-refractivity contribution in [1.82, 2.24) is 29.3 Å². The minimum absolute atomic E-state index is 0.131. The van der Waals surface area contributed by atoms with Crippen LogP contribution in [0.4, 0.5) is 5.82 Å². The number of hydrogen-bond donors (Lipinski definition) is 1. The van der Waals surface area contributed by atoms with E-state index in [0.29, 0.717) is 16.6 Å². The molecule has 3 aromatic rings. The second kappa shape index (κ2) is 7.68. The molecule has 0 amide bonds. The lowest BCUT2D eigenvalue weighted by Gasteiger charge is -2.10. The highest BCUT2D eigenvalue weighted by molar-refractivity contribution is 7.99. The van der Waals surface area contributed by atoms with Crippen LogP contribution in [-0.2, 0) is 14.1 Å². The molecular formula is C16H17N7O4S. The summed E-state index contributed by atoms with van der Waals surface area (Å²) >= 11 is 1.05. The Morgan fingerprint density at radius 1 is 1.18 bits per heavy atom. The first-order valence-corrected chi connectivity index (χ1v) is 8.98. The van der Waals surface area contributed by atoms with E-state index in [9.17, 15) is 14.4 Å². The molecule has 0 unspecified atom stereocenters. The number of Topliss-reactive ketones (excluding diaryl/α,β-unsaturated/α-hetero) is 1. The van der Waals surface area contributed by atoms with E-state index in [1.165, 1.54) is 18.8 Å². The third-order valence-corrected chi connectivity index (χ3v) is 5.00. The Morgan fingerprint density at radius 3 is 2.50 bits per heavy atom. The molecule has 0 atom stereocenters. The number of carbonyl (C=O) groups excluding carboxylic acids is 1. The number of methoxy groups -OCH3 is 1. The average Bonchev–Trinajstić information content (AvgIpc) is 3.18. The lowest BCUT2D eigenvalue weighted by atomic mass is 10.2. The van der Waals surface area contributed by atoms with Gasteiger partial charge in [0, 0.05) is 14.1 Å². The molecule has 2 aromatic heterocycles. The number of benzene rings is 1. The second-order valence-electron chi connectivity index (χ2n) is 5.75. The summed E-state index contributed by atoms with van der Waals surface area (Å²) in [6, 6.07) is 7.04. The molecule has 0 aliphatic carbocycles. The van der Waals surface area contributed by atoms with Gasteiger partial charge in [-0.15, -0.1) is 5.10 Å². The number of ether oxygens (including phenoxy) is 1. The lowest BCUT2D eigenvalue weighted by Crippen LogP contribution is -2.41. The van der Waals surface area contributed by atoms with Crippen LogP contribution in [0.15, 0.2) is 39.0 Å². The Labute approximate surface area is 162 Å². The fourth-order valence-electron chi connectivity index (χ4n) is 2.48. The lowest BCUT2D eigenvalue weighted by molar-refractivity contribution is 0.102. The summed E-state index contributed by atoms with van der Waals surface area (Å²) in [5.41, 5.74) is 4.92. The van der Waals surface area contributed by atoms with Gasteiger partial charge in [-0.25, -0.2) is 4.79 Å². The van der Waals surface area contributed by atoms with E-state index < -0.39 is 17.0 Å². The number of ketones is 1. The number of nitrogen functional groups attached to an aromatic ring is 1. The van der Waals surface area contributed by atoms with Crippen molar-refractivity contribution in [1.29, 1.82) is 0 Å². The molecule has 0 aliphatic heterocycles. The first-order chi connectivity index (χ1) is 13.3. The molecule has 0 aliphatic rings. The topological polar surface area (TPSA) is 140 Å². The summed E-state index contributed by atoms with van der Waals surface area (Å²) in [5, 5.41) is 11.8. The summed E-state index contributed by atoms with van der Waals surface area (Å²) in [4.78, 5) is 36.8. The SMILES string of the molecule is COc1ccc(-n2nnnc2SCC(=O)c2c(N)n(C)c(=O)n(C)c2=O)cc1. The number of rotatable bonds is 6. The Hall–Kier alpha value is -3.41. The van der Waals surface area contributed by atoms with E-state index in [4.69, 9.17) is 10.5 Å². The van der Waals surface area contributed by atoms with Crippen LogP contribution >= 0.6 is 11.8 Å². The van der Waals surface area contributed by atoms with E-state index in [1.54, 1.807) is 31.4 Å². The van der Waals surface area contributed by atoms with Gasteiger partial charge >= 0.3 is 5.69 Å². The van der Waals surface area contributed by atoms with Gasteiger partial charge in [0.05, 0.1) is 18.6 Å². The van der Waals surface area contributed by atoms with Gasteiger partial charge < -0.3 is 10.5 Å². The van der Waals surface area contributed by atoms with Crippen LogP contribution in [0.1, 0.15) is 10.4 Å². The summed E-state index contributed by atoms with van der Waals surface area (Å²) < 4.78 is 8.47. The van der Waals surface area contributed by atoms with Gasteiger partial charge in [-0.1, -0.05) is 11.8 Å². The molecule has 0 spiro atoms. The third kappa shape index (κ3) is 3.41. The summed E-state index contributed by atoms with van der Waals surface area (Å²) in [6.45, 7) is 0. The van der Waals surface area contributed by atoms with Crippen molar-refractivity contribution in [2.75, 3.05) is 18.6 Å². The van der Waals surface area contributed by atoms with Crippen molar-refractivity contribution in [2.24, 2.45) is 14.1 Å². The van der Waals surface area contributed by atoms with Crippen LogP contribution in [0, 0.1) is 0 Å². The smallest absolute Gasteiger partial charge is 0.332 e. The van der Waals surface area contributed by atoms with Gasteiger partial charge in [0.15, 0.2) is 5.78 Å². The number of hydrogen-bond acceptors (Lipinski definition) is 9. The van der Waals surface area contributed by atoms with E-state index >= 15 is 0 Å². The minimum Gasteiger partial charge on any atom is -0.497 e. The Morgan fingerprint density at radius 2 is 1.86 bits per heavy atom. The van der Waals surface area contributed by atoms with E-state index in [2.05, 4.69) is 15.5 Å². The molecule has 146 valence electrons. The molecule has 0 fully saturated rings. The number of carbonyl (C=O) groups is 1. The van der Waals surface area contributed by atoms with E-state index in [1.807, 2.05) is 0 Å². The van der Waals surface area contributed by atoms with E-state index in [-0.39, 0.29) is 17.1 Å². The largest absolute Gasteiger partial charge is 0.497 e. The average molecular weight is 403 g/mol. The zero-order chi connectivity index (χ0) is 20.4. The Kier molecular flexibility index (Phi) is 5.31. The molecule has 12 heteroatoms. The standard InChI is InChI=1S/C16H17N7O4S/c1-21-13(17)12(14(25)22(2)16(21)26)11(24)8-28-15-18-19-20-23(15)9-4-6-10(27-3)7-5-9/h4-7H,8,17H2,1-3H3. The van der Waals surface area contributed by atoms with Gasteiger partial charge in [-0.2, -0.15) is 4.68 Å². The predicted octanol–water partition coefficient (Wildman–Crippen LogP) is -0.374. The molecule has 0 radical (unpaired) electrons. The number of aromatic nitrogens is 6. The number of anilines is 1. The van der Waals surface area contributed by atoms with Crippen molar-refractivity contribution in [3.05, 3.63) is 50.7 Å². The maximum absolute atomic E-state index is 12.6. The van der Waals surface area contributed by atoms with Crippen LogP contribution in [0.2, 0.25) is 0 Å². The maximum atomic E-state index is 12.6. The molecule has 11 nitrogen and oxygen atoms in total. The highest BCUT2D eigenvalue weighted by Crippen LogP contribution is 2.21. The van der Waals surface area contributed by atoms with E-state index in [0.717, 1.165) is 20.9 Å². The van der Waals surface area contributed by atoms with Crippen molar-refractivity contribution < 1.29 is 9.53 Å². The number of nitrogens with zero attached hydrogens (tertiary/aromatic N) is 6. The number of thioether (sulfide) groups is 1. The fourth-order valence-corrected chi connectivity index (χ4v) is 3.24. The van der Waals surface area contributed by atoms with Crippen molar-refractivity contribution >= 4 is 23.4 Å². The first kappa shape index (κ1) is 19.4. The van der Waals surface area contributed by atoms with Crippen LogP contribution in [-0.4, -0.2) is 48.0 Å². The van der Waals surface area contributed by atoms with Crippen LogP contribution in [0.25, 0.3) is 5.69 Å². The minimum atomic E-state index is -0.735. The van der Waals surface area contributed by atoms with Crippen molar-refractivity contribution in [3.63, 3.8) is 0 Å². The molecule has 2 N–H and O–H groups in total. The van der Waals surface area contributed by atoms with Gasteiger partial charge in [0.2, 0.25) is 5.16 Å². The Bertz CT molecular complexity index is 1150. The third-order valence-electron chi connectivity index (χ3n) is 4.08. The summed E-state index contributed by atoms with van der Waals surface area (Å²) in [6.07, 6.45) is 0. The first-order valence-electron chi connectivity index (χ1n) is 7.99. The van der Waals surface area contributed by atoms with Gasteiger partial charge in [-0.05, 0) is 34.7 Å². The zero-order valence-electron chi connectivity index (χ0n) is 15.3. The maximum Gasteiger partial charge on any atom is 0.332 e. The molecule has 28 heavy (non-hydrogen) atoms. The second-order valence-corrected chi connectivity index (χ2v) is 6.69. The molecule has 1 aromatic carbocycles. The summed E-state index contributed by atoms with van der Waals surface area (Å²) in [7, 11) is 4.25. The Balaban J connectivity index is 1.85. The molecule has 0 bridgehead atoms. The molecular weight excluding hydrogens is 386 g/mol. The summed E-state index contributed by atoms with van der Waals surface area (Å²) in [5.74, 6) is -0.146. The highest BCUT2D eigenvalue weighted by Gasteiger charge is 2.21. The zero-order valence-corrected chi connectivity index (χ0v) is 16.1. The van der Waals surface area contributed by atoms with Crippen LogP contribution in [0.3, 0.4) is 0 Å². The molecule has 0 saturated carbocycles. The van der Waals surface area contributed by atoms with Crippen molar-refractivity contribution in [3.8, 4) is 11.4 Å². The van der Waals surface area contributed by atoms with Crippen LogP contribution in [0.5, 0.6) is 5.75 Å².